The van der Waals surface area contributed by atoms with Crippen LogP contribution in [0.5, 0.6) is 0 Å². The van der Waals surface area contributed by atoms with Crippen LogP contribution in [-0.4, -0.2) is 9.97 Å². The molecule has 0 aliphatic heterocycles. The molecule has 0 atom stereocenters. The summed E-state index contributed by atoms with van der Waals surface area (Å²) in [4.78, 5) is 16.7. The number of aromatic amines is 2. The number of hydrogen-bond donors (Lipinski definition) is 2. The lowest BCUT2D eigenvalue weighted by atomic mass is 9.99. The van der Waals surface area contributed by atoms with Gasteiger partial charge in [0.1, 0.15) is 0 Å². The SMILES string of the molecule is O=c1[nH]c2cc(Cl)c(-c3ccc(-c4cccc(C(F)(F)F)c4)cc3)cc2[nH]1. The van der Waals surface area contributed by atoms with Crippen LogP contribution in [0.4, 0.5) is 13.2 Å². The molecule has 4 rings (SSSR count). The fourth-order valence-corrected chi connectivity index (χ4v) is 3.27. The van der Waals surface area contributed by atoms with E-state index >= 15 is 0 Å². The fraction of sp³-hybridized carbons (Fsp3) is 0.0500. The van der Waals surface area contributed by atoms with Gasteiger partial charge in [-0.3, -0.25) is 0 Å². The fourth-order valence-electron chi connectivity index (χ4n) is 2.99. The largest absolute Gasteiger partial charge is 0.416 e. The first-order chi connectivity index (χ1) is 12.8. The number of alkyl halides is 3. The number of halogens is 4. The first-order valence-corrected chi connectivity index (χ1v) is 8.39. The van der Waals surface area contributed by atoms with E-state index in [1.165, 1.54) is 6.07 Å². The molecule has 0 saturated carbocycles. The van der Waals surface area contributed by atoms with Crippen LogP contribution in [0.1, 0.15) is 5.56 Å². The molecule has 0 saturated heterocycles. The lowest BCUT2D eigenvalue weighted by Crippen LogP contribution is -2.04. The smallest absolute Gasteiger partial charge is 0.306 e. The zero-order chi connectivity index (χ0) is 19.2. The third-order valence-electron chi connectivity index (χ3n) is 4.32. The Morgan fingerprint density at radius 3 is 2.07 bits per heavy atom. The van der Waals surface area contributed by atoms with Gasteiger partial charge in [0.05, 0.1) is 21.6 Å². The maximum Gasteiger partial charge on any atom is 0.416 e. The van der Waals surface area contributed by atoms with Crippen molar-refractivity contribution in [1.82, 2.24) is 9.97 Å². The molecule has 0 aliphatic carbocycles. The third-order valence-corrected chi connectivity index (χ3v) is 4.64. The zero-order valence-electron chi connectivity index (χ0n) is 13.7. The van der Waals surface area contributed by atoms with E-state index in [1.807, 2.05) is 0 Å². The van der Waals surface area contributed by atoms with Crippen molar-refractivity contribution in [2.24, 2.45) is 0 Å². The van der Waals surface area contributed by atoms with Gasteiger partial charge in [0.15, 0.2) is 0 Å². The number of nitrogens with one attached hydrogen (secondary N) is 2. The zero-order valence-corrected chi connectivity index (χ0v) is 14.4. The predicted octanol–water partition coefficient (Wildman–Crippen LogP) is 5.86. The maximum atomic E-state index is 12.9. The van der Waals surface area contributed by atoms with Gasteiger partial charge in [-0.2, -0.15) is 13.2 Å². The van der Waals surface area contributed by atoms with Crippen molar-refractivity contribution in [3.8, 4) is 22.3 Å². The van der Waals surface area contributed by atoms with Gasteiger partial charge in [-0.05, 0) is 41.0 Å². The van der Waals surface area contributed by atoms with Crippen molar-refractivity contribution in [2.45, 2.75) is 6.18 Å². The number of benzene rings is 3. The van der Waals surface area contributed by atoms with Crippen molar-refractivity contribution < 1.29 is 13.2 Å². The average molecular weight is 389 g/mol. The standard InChI is InChI=1S/C20H12ClF3N2O/c21-16-10-18-17(25-19(27)26-18)9-15(16)12-6-4-11(5-7-12)13-2-1-3-14(8-13)20(22,23)24/h1-10H,(H2,25,26,27). The normalized spacial score (nSPS) is 11.9. The van der Waals surface area contributed by atoms with Crippen molar-refractivity contribution >= 4 is 22.6 Å². The molecule has 27 heavy (non-hydrogen) atoms. The summed E-state index contributed by atoms with van der Waals surface area (Å²) in [6.07, 6.45) is -4.38. The van der Waals surface area contributed by atoms with Crippen molar-refractivity contribution in [1.29, 1.82) is 0 Å². The summed E-state index contributed by atoms with van der Waals surface area (Å²) in [6, 6.07) is 15.7. The number of rotatable bonds is 2. The molecule has 0 amide bonds. The Bertz CT molecular complexity index is 1190. The minimum atomic E-state index is -4.38. The molecule has 3 nitrogen and oxygen atoms in total. The Labute approximate surface area is 156 Å². The second-order valence-corrected chi connectivity index (χ2v) is 6.52. The molecule has 0 spiro atoms. The number of aromatic nitrogens is 2. The molecule has 0 unspecified atom stereocenters. The van der Waals surface area contributed by atoms with E-state index in [1.54, 1.807) is 42.5 Å². The van der Waals surface area contributed by atoms with Gasteiger partial charge in [-0.1, -0.05) is 48.0 Å². The summed E-state index contributed by atoms with van der Waals surface area (Å²) in [6.45, 7) is 0. The highest BCUT2D eigenvalue weighted by molar-refractivity contribution is 6.34. The average Bonchev–Trinajstić information content (AvgIpc) is 2.99. The van der Waals surface area contributed by atoms with Gasteiger partial charge in [0.25, 0.3) is 0 Å². The Balaban J connectivity index is 1.73. The van der Waals surface area contributed by atoms with Crippen molar-refractivity contribution in [2.75, 3.05) is 0 Å². The monoisotopic (exact) mass is 388 g/mol. The van der Waals surface area contributed by atoms with Gasteiger partial charge in [-0.25, -0.2) is 4.79 Å². The van der Waals surface area contributed by atoms with E-state index in [2.05, 4.69) is 9.97 Å². The molecule has 1 aromatic heterocycles. The van der Waals surface area contributed by atoms with E-state index in [-0.39, 0.29) is 5.69 Å². The summed E-state index contributed by atoms with van der Waals surface area (Å²) >= 11 is 6.31. The van der Waals surface area contributed by atoms with Crippen LogP contribution in [0.15, 0.2) is 65.5 Å². The molecule has 136 valence electrons. The van der Waals surface area contributed by atoms with Crippen LogP contribution >= 0.6 is 11.6 Å². The van der Waals surface area contributed by atoms with Crippen LogP contribution in [-0.2, 0) is 6.18 Å². The summed E-state index contributed by atoms with van der Waals surface area (Å²) in [5, 5.41) is 0.463. The Hall–Kier alpha value is -2.99. The Morgan fingerprint density at radius 1 is 0.778 bits per heavy atom. The number of hydrogen-bond acceptors (Lipinski definition) is 1. The van der Waals surface area contributed by atoms with Gasteiger partial charge in [0, 0.05) is 5.56 Å². The van der Waals surface area contributed by atoms with E-state index in [0.717, 1.165) is 23.3 Å². The lowest BCUT2D eigenvalue weighted by molar-refractivity contribution is -0.137. The summed E-state index contributed by atoms with van der Waals surface area (Å²) < 4.78 is 38.7. The van der Waals surface area contributed by atoms with Crippen LogP contribution in [0.25, 0.3) is 33.3 Å². The van der Waals surface area contributed by atoms with E-state index in [9.17, 15) is 18.0 Å². The van der Waals surface area contributed by atoms with Crippen molar-refractivity contribution in [3.05, 3.63) is 81.7 Å². The highest BCUT2D eigenvalue weighted by Gasteiger charge is 2.30. The Kier molecular flexibility index (Phi) is 4.08. The second kappa shape index (κ2) is 6.32. The minimum Gasteiger partial charge on any atom is -0.306 e. The molecule has 3 aromatic carbocycles. The summed E-state index contributed by atoms with van der Waals surface area (Å²) in [5.74, 6) is 0. The number of H-pyrrole nitrogens is 2. The molecular weight excluding hydrogens is 377 g/mol. The number of fused-ring (bicyclic) bond motifs is 1. The highest BCUT2D eigenvalue weighted by Crippen LogP contribution is 2.34. The molecule has 0 fully saturated rings. The maximum absolute atomic E-state index is 12.9. The lowest BCUT2D eigenvalue weighted by Gasteiger charge is -2.10. The molecule has 0 aliphatic rings. The van der Waals surface area contributed by atoms with Crippen LogP contribution < -0.4 is 5.69 Å². The van der Waals surface area contributed by atoms with Crippen LogP contribution in [0, 0.1) is 0 Å². The summed E-state index contributed by atoms with van der Waals surface area (Å²) in [5.41, 5.74) is 2.88. The first kappa shape index (κ1) is 17.4. The molecular formula is C20H12ClF3N2O. The predicted molar refractivity (Wildman–Crippen MR) is 99.8 cm³/mol. The molecule has 7 heteroatoms. The summed E-state index contributed by atoms with van der Waals surface area (Å²) in [7, 11) is 0. The molecule has 4 aromatic rings. The minimum absolute atomic E-state index is 0.321. The van der Waals surface area contributed by atoms with E-state index in [0.29, 0.717) is 27.2 Å². The highest BCUT2D eigenvalue weighted by atomic mass is 35.5. The van der Waals surface area contributed by atoms with Crippen LogP contribution in [0.2, 0.25) is 5.02 Å². The van der Waals surface area contributed by atoms with Crippen molar-refractivity contribution in [3.63, 3.8) is 0 Å². The van der Waals surface area contributed by atoms with E-state index in [4.69, 9.17) is 11.6 Å². The van der Waals surface area contributed by atoms with Gasteiger partial charge in [0.2, 0.25) is 0 Å². The van der Waals surface area contributed by atoms with Gasteiger partial charge < -0.3 is 9.97 Å². The quantitative estimate of drug-likeness (QED) is 0.444. The van der Waals surface area contributed by atoms with E-state index < -0.39 is 11.7 Å². The van der Waals surface area contributed by atoms with Crippen LogP contribution in [0.3, 0.4) is 0 Å². The third kappa shape index (κ3) is 3.36. The molecule has 0 radical (unpaired) electrons. The molecule has 1 heterocycles. The number of imidazole rings is 1. The van der Waals surface area contributed by atoms with Gasteiger partial charge >= 0.3 is 11.9 Å². The molecule has 0 bridgehead atoms. The van der Waals surface area contributed by atoms with Gasteiger partial charge in [-0.15, -0.1) is 0 Å². The first-order valence-electron chi connectivity index (χ1n) is 8.01. The topological polar surface area (TPSA) is 48.6 Å². The second-order valence-electron chi connectivity index (χ2n) is 6.11. The molecule has 2 N–H and O–H groups in total. The Morgan fingerprint density at radius 2 is 1.41 bits per heavy atom.